The average molecular weight is 425 g/mol. The molecule has 144 valence electrons. The number of benzene rings is 3. The van der Waals surface area contributed by atoms with Crippen LogP contribution in [0.4, 0.5) is 0 Å². The first-order valence-corrected chi connectivity index (χ1v) is 14.4. The molecule has 0 aliphatic rings. The lowest BCUT2D eigenvalue weighted by Gasteiger charge is -2.17. The van der Waals surface area contributed by atoms with Gasteiger partial charge in [-0.25, -0.2) is 0 Å². The van der Waals surface area contributed by atoms with E-state index >= 15 is 0 Å². The Bertz CT molecular complexity index is 861. The van der Waals surface area contributed by atoms with Gasteiger partial charge in [0.25, 0.3) is 0 Å². The topological polar surface area (TPSA) is 17.1 Å². The third-order valence-corrected chi connectivity index (χ3v) is 13.0. The zero-order valence-electron chi connectivity index (χ0n) is 15.9. The molecule has 4 heteroatoms. The van der Waals surface area contributed by atoms with E-state index in [1.165, 1.54) is 16.7 Å². The Morgan fingerprint density at radius 1 is 0.714 bits per heavy atom. The van der Waals surface area contributed by atoms with Crippen molar-refractivity contribution in [2.24, 2.45) is 0 Å². The van der Waals surface area contributed by atoms with E-state index in [0.29, 0.717) is 6.16 Å². The van der Waals surface area contributed by atoms with Crippen LogP contribution in [0.2, 0.25) is 0 Å². The van der Waals surface area contributed by atoms with Crippen molar-refractivity contribution in [3.63, 3.8) is 0 Å². The van der Waals surface area contributed by atoms with Crippen molar-refractivity contribution in [1.82, 2.24) is 0 Å². The summed E-state index contributed by atoms with van der Waals surface area (Å²) in [5.74, 6) is 1.57. The van der Waals surface area contributed by atoms with Crippen LogP contribution >= 0.6 is 28.3 Å². The van der Waals surface area contributed by atoms with Crippen molar-refractivity contribution in [1.29, 1.82) is 0 Å². The van der Waals surface area contributed by atoms with E-state index in [-0.39, 0.29) is 0 Å². The summed E-state index contributed by atoms with van der Waals surface area (Å²) in [4.78, 5) is 0. The largest absolute Gasteiger partial charge is 0.300 e. The maximum Gasteiger partial charge on any atom is 0.192 e. The normalized spacial score (nSPS) is 11.3. The molecule has 28 heavy (non-hydrogen) atoms. The van der Waals surface area contributed by atoms with Crippen LogP contribution in [0.5, 0.6) is 0 Å². The van der Waals surface area contributed by atoms with E-state index < -0.39 is 5.55 Å². The smallest absolute Gasteiger partial charge is 0.192 e. The van der Waals surface area contributed by atoms with Gasteiger partial charge in [0.1, 0.15) is 0 Å². The lowest BCUT2D eigenvalue weighted by molar-refractivity contribution is 0.593. The number of aryl methyl sites for hydroxylation is 1. The molecule has 3 aromatic rings. The van der Waals surface area contributed by atoms with Gasteiger partial charge in [-0.1, -0.05) is 120 Å². The van der Waals surface area contributed by atoms with Crippen molar-refractivity contribution in [3.05, 3.63) is 114 Å². The van der Waals surface area contributed by atoms with E-state index in [4.69, 9.17) is 0 Å². The fraction of sp³-hybridized carbons (Fsp3) is 0.167. The molecule has 3 aromatic carbocycles. The molecular formula is C24H25OPS2. The predicted molar refractivity (Wildman–Crippen MR) is 128 cm³/mol. The van der Waals surface area contributed by atoms with Crippen LogP contribution in [0.1, 0.15) is 22.3 Å². The molecule has 0 heterocycles. The van der Waals surface area contributed by atoms with Crippen LogP contribution in [0.3, 0.4) is 0 Å². The lowest BCUT2D eigenvalue weighted by atomic mass is 10.1. The summed E-state index contributed by atoms with van der Waals surface area (Å²) in [6.45, 7) is 3.80. The zero-order chi connectivity index (χ0) is 19.7. The quantitative estimate of drug-likeness (QED) is 0.308. The Kier molecular flexibility index (Phi) is 8.09. The van der Waals surface area contributed by atoms with Gasteiger partial charge in [0.15, 0.2) is 5.55 Å². The molecule has 3 rings (SSSR count). The Balaban J connectivity index is 1.66. The van der Waals surface area contributed by atoms with Crippen molar-refractivity contribution >= 4 is 34.4 Å². The summed E-state index contributed by atoms with van der Waals surface area (Å²) >= 11 is 3.25. The minimum Gasteiger partial charge on any atom is -0.300 e. The van der Waals surface area contributed by atoms with E-state index in [2.05, 4.69) is 55.1 Å². The minimum absolute atomic E-state index is 0.704. The second-order valence-corrected chi connectivity index (χ2v) is 15.1. The van der Waals surface area contributed by atoms with Crippen molar-refractivity contribution in [2.75, 3.05) is 6.16 Å². The van der Waals surface area contributed by atoms with Crippen molar-refractivity contribution in [2.45, 2.75) is 17.9 Å². The molecule has 0 N–H and O–H groups in total. The van der Waals surface area contributed by atoms with Crippen LogP contribution in [0, 0.1) is 0 Å². The monoisotopic (exact) mass is 424 g/mol. The van der Waals surface area contributed by atoms with Gasteiger partial charge in [-0.3, -0.25) is 0 Å². The number of hydrogen-bond donors (Lipinski definition) is 0. The zero-order valence-corrected chi connectivity index (χ0v) is 18.4. The maximum absolute atomic E-state index is 13.8. The Morgan fingerprint density at radius 3 is 1.68 bits per heavy atom. The van der Waals surface area contributed by atoms with Crippen LogP contribution < -0.4 is 0 Å². The molecule has 0 saturated heterocycles. The van der Waals surface area contributed by atoms with E-state index in [0.717, 1.165) is 23.5 Å². The van der Waals surface area contributed by atoms with Gasteiger partial charge >= 0.3 is 0 Å². The number of rotatable bonds is 10. The Hall–Kier alpha value is -1.67. The molecule has 1 nitrogen and oxygen atoms in total. The second kappa shape index (κ2) is 10.8. The third kappa shape index (κ3) is 6.74. The van der Waals surface area contributed by atoms with Crippen LogP contribution in [0.25, 0.3) is 6.08 Å². The molecule has 0 radical (unpaired) electrons. The molecular weight excluding hydrogens is 399 g/mol. The Labute approximate surface area is 176 Å². The summed E-state index contributed by atoms with van der Waals surface area (Å²) in [7, 11) is 0. The van der Waals surface area contributed by atoms with Crippen LogP contribution in [0.15, 0.2) is 91.5 Å². The van der Waals surface area contributed by atoms with Gasteiger partial charge in [-0.2, -0.15) is 0 Å². The molecule has 0 unspecified atom stereocenters. The van der Waals surface area contributed by atoms with Gasteiger partial charge in [0.2, 0.25) is 0 Å². The van der Waals surface area contributed by atoms with E-state index in [1.807, 2.05) is 42.5 Å². The molecule has 0 saturated carbocycles. The van der Waals surface area contributed by atoms with Gasteiger partial charge in [-0.05, 0) is 28.7 Å². The summed E-state index contributed by atoms with van der Waals surface area (Å²) < 4.78 is 13.8. The molecule has 0 fully saturated rings. The van der Waals surface area contributed by atoms with Gasteiger partial charge in [-0.15, -0.1) is 0 Å². The highest BCUT2D eigenvalue weighted by Crippen LogP contribution is 2.70. The molecule has 0 spiro atoms. The molecule has 0 aliphatic carbocycles. The van der Waals surface area contributed by atoms with E-state index in [9.17, 15) is 4.57 Å². The van der Waals surface area contributed by atoms with Crippen molar-refractivity contribution in [3.8, 4) is 0 Å². The lowest BCUT2D eigenvalue weighted by Crippen LogP contribution is -1.93. The van der Waals surface area contributed by atoms with Gasteiger partial charge in [0, 0.05) is 17.7 Å². The molecule has 0 atom stereocenters. The molecule has 0 aliphatic heterocycles. The summed E-state index contributed by atoms with van der Waals surface area (Å²) in [6.07, 6.45) is 3.38. The fourth-order valence-corrected chi connectivity index (χ4v) is 9.93. The fourth-order valence-electron chi connectivity index (χ4n) is 2.75. The average Bonchev–Trinajstić information content (AvgIpc) is 2.77. The minimum atomic E-state index is -2.42. The highest BCUT2D eigenvalue weighted by Gasteiger charge is 2.24. The molecule has 0 aromatic heterocycles. The number of hydrogen-bond acceptors (Lipinski definition) is 3. The standard InChI is InChI=1S/C24H25OPS2/c1-2-21-13-15-22(16-14-21)17-18-26(25,27-19-23-9-5-3-6-10-23)28-20-24-11-7-4-8-12-24/h2-16H,1,17-20H2. The summed E-state index contributed by atoms with van der Waals surface area (Å²) in [5, 5.41) is 0. The first-order chi connectivity index (χ1) is 13.7. The van der Waals surface area contributed by atoms with Gasteiger partial charge in [0.05, 0.1) is 0 Å². The Morgan fingerprint density at radius 2 is 1.21 bits per heavy atom. The van der Waals surface area contributed by atoms with Crippen molar-refractivity contribution < 1.29 is 4.57 Å². The van der Waals surface area contributed by atoms with Crippen LogP contribution in [-0.4, -0.2) is 6.16 Å². The second-order valence-electron chi connectivity index (χ2n) is 6.55. The van der Waals surface area contributed by atoms with Crippen LogP contribution in [-0.2, 0) is 22.5 Å². The third-order valence-electron chi connectivity index (χ3n) is 4.43. The summed E-state index contributed by atoms with van der Waals surface area (Å²) in [5.41, 5.74) is 2.37. The van der Waals surface area contributed by atoms with Gasteiger partial charge < -0.3 is 4.57 Å². The maximum atomic E-state index is 13.8. The van der Waals surface area contributed by atoms with E-state index in [1.54, 1.807) is 22.8 Å². The molecule has 0 bridgehead atoms. The predicted octanol–water partition coefficient (Wildman–Crippen LogP) is 7.93. The SMILES string of the molecule is C=Cc1ccc(CCP(=O)(SCc2ccccc2)SCc2ccccc2)cc1. The first-order valence-electron chi connectivity index (χ1n) is 9.34. The summed E-state index contributed by atoms with van der Waals surface area (Å²) in [6, 6.07) is 29.0. The highest BCUT2D eigenvalue weighted by atomic mass is 33.1. The molecule has 0 amide bonds. The highest BCUT2D eigenvalue weighted by molar-refractivity contribution is 8.90. The first kappa shape index (κ1) is 21.0.